The number of sulfonamides is 1. The van der Waals surface area contributed by atoms with Crippen molar-refractivity contribution in [1.29, 1.82) is 0 Å². The van der Waals surface area contributed by atoms with E-state index in [9.17, 15) is 13.2 Å². The molecule has 0 spiro atoms. The number of carbonyl (C=O) groups excluding carboxylic acids is 1. The standard InChI is InChI=1S/C20H17BrN4O3S/c21-17-6-8-18(9-7-17)29(27,28)23-14-19(15-4-2-1-3-5-15)24-25-20(26)16-10-12-22-13-11-16/h1-13,23H,14H2,(H,25,26)/b24-19-. The van der Waals surface area contributed by atoms with E-state index in [-0.39, 0.29) is 11.4 Å². The van der Waals surface area contributed by atoms with Gasteiger partial charge in [-0.25, -0.2) is 18.6 Å². The lowest BCUT2D eigenvalue weighted by Crippen LogP contribution is -2.32. The normalized spacial score (nSPS) is 11.8. The van der Waals surface area contributed by atoms with Crippen molar-refractivity contribution >= 4 is 37.6 Å². The van der Waals surface area contributed by atoms with Crippen LogP contribution in [0.2, 0.25) is 0 Å². The maximum Gasteiger partial charge on any atom is 0.271 e. The maximum atomic E-state index is 12.6. The molecule has 0 fully saturated rings. The molecule has 0 bridgehead atoms. The summed E-state index contributed by atoms with van der Waals surface area (Å²) >= 11 is 3.28. The average Bonchev–Trinajstić information content (AvgIpc) is 2.75. The summed E-state index contributed by atoms with van der Waals surface area (Å²) in [6, 6.07) is 18.4. The molecule has 0 aliphatic heterocycles. The molecule has 3 rings (SSSR count). The molecular weight excluding hydrogens is 456 g/mol. The lowest BCUT2D eigenvalue weighted by atomic mass is 10.1. The number of carbonyl (C=O) groups is 1. The second kappa shape index (κ2) is 9.55. The van der Waals surface area contributed by atoms with Gasteiger partial charge in [-0.2, -0.15) is 5.10 Å². The second-order valence-corrected chi connectivity index (χ2v) is 8.56. The van der Waals surface area contributed by atoms with E-state index in [2.05, 4.69) is 36.2 Å². The molecule has 0 unspecified atom stereocenters. The van der Waals surface area contributed by atoms with Crippen molar-refractivity contribution in [3.05, 3.63) is 94.7 Å². The van der Waals surface area contributed by atoms with Crippen molar-refractivity contribution in [2.75, 3.05) is 6.54 Å². The zero-order valence-electron chi connectivity index (χ0n) is 15.1. The summed E-state index contributed by atoms with van der Waals surface area (Å²) < 4.78 is 28.4. The Morgan fingerprint density at radius 3 is 2.24 bits per heavy atom. The van der Waals surface area contributed by atoms with E-state index in [1.54, 1.807) is 48.5 Å². The van der Waals surface area contributed by atoms with Crippen LogP contribution in [-0.2, 0) is 10.0 Å². The predicted molar refractivity (Wildman–Crippen MR) is 114 cm³/mol. The van der Waals surface area contributed by atoms with Gasteiger partial charge >= 0.3 is 0 Å². The topological polar surface area (TPSA) is 101 Å². The number of nitrogens with zero attached hydrogens (tertiary/aromatic N) is 2. The molecule has 29 heavy (non-hydrogen) atoms. The molecule has 2 aromatic carbocycles. The number of hydrazone groups is 1. The van der Waals surface area contributed by atoms with E-state index in [4.69, 9.17) is 0 Å². The van der Waals surface area contributed by atoms with E-state index in [1.807, 2.05) is 6.07 Å². The third kappa shape index (κ3) is 5.80. The number of nitrogens with one attached hydrogen (secondary N) is 2. The Morgan fingerprint density at radius 1 is 0.931 bits per heavy atom. The van der Waals surface area contributed by atoms with Gasteiger partial charge < -0.3 is 0 Å². The van der Waals surface area contributed by atoms with Crippen LogP contribution in [0.1, 0.15) is 15.9 Å². The minimum absolute atomic E-state index is 0.0982. The molecule has 0 aliphatic rings. The number of aromatic nitrogens is 1. The molecule has 3 aromatic rings. The number of amides is 1. The highest BCUT2D eigenvalue weighted by Crippen LogP contribution is 2.14. The number of hydrogen-bond acceptors (Lipinski definition) is 5. The van der Waals surface area contributed by atoms with Gasteiger partial charge in [-0.3, -0.25) is 9.78 Å². The lowest BCUT2D eigenvalue weighted by molar-refractivity contribution is 0.0954. The first-order valence-corrected chi connectivity index (χ1v) is 10.8. The largest absolute Gasteiger partial charge is 0.271 e. The third-order valence-corrected chi connectivity index (χ3v) is 5.84. The summed E-state index contributed by atoms with van der Waals surface area (Å²) in [4.78, 5) is 16.2. The van der Waals surface area contributed by atoms with Gasteiger partial charge in [0.15, 0.2) is 0 Å². The molecule has 0 atom stereocenters. The third-order valence-electron chi connectivity index (χ3n) is 3.90. The van der Waals surface area contributed by atoms with Crippen molar-refractivity contribution in [2.45, 2.75) is 4.90 Å². The van der Waals surface area contributed by atoms with Crippen molar-refractivity contribution in [2.24, 2.45) is 5.10 Å². The molecule has 148 valence electrons. The van der Waals surface area contributed by atoms with Crippen molar-refractivity contribution < 1.29 is 13.2 Å². The minimum atomic E-state index is -3.74. The van der Waals surface area contributed by atoms with Gasteiger partial charge in [-0.15, -0.1) is 0 Å². The fourth-order valence-electron chi connectivity index (χ4n) is 2.38. The number of benzene rings is 2. The Balaban J connectivity index is 1.79. The molecule has 2 N–H and O–H groups in total. The summed E-state index contributed by atoms with van der Waals surface area (Å²) in [5, 5.41) is 4.14. The van der Waals surface area contributed by atoms with Crippen LogP contribution in [0.15, 0.2) is 93.6 Å². The highest BCUT2D eigenvalue weighted by Gasteiger charge is 2.16. The minimum Gasteiger partial charge on any atom is -0.267 e. The number of rotatable bonds is 7. The predicted octanol–water partition coefficient (Wildman–Crippen LogP) is 2.96. The lowest BCUT2D eigenvalue weighted by Gasteiger charge is -2.10. The summed E-state index contributed by atoms with van der Waals surface area (Å²) in [6.07, 6.45) is 3.01. The van der Waals surface area contributed by atoms with Gasteiger partial charge in [0.1, 0.15) is 0 Å². The first kappa shape index (κ1) is 20.8. The Bertz CT molecular complexity index is 1100. The van der Waals surface area contributed by atoms with E-state index in [0.717, 1.165) is 4.47 Å². The maximum absolute atomic E-state index is 12.6. The summed E-state index contributed by atoms with van der Waals surface area (Å²) in [6.45, 7) is -0.0982. The van der Waals surface area contributed by atoms with Crippen LogP contribution in [0.5, 0.6) is 0 Å². The van der Waals surface area contributed by atoms with Gasteiger partial charge in [0.25, 0.3) is 5.91 Å². The van der Waals surface area contributed by atoms with Crippen LogP contribution < -0.4 is 10.1 Å². The quantitative estimate of drug-likeness (QED) is 0.407. The zero-order valence-corrected chi connectivity index (χ0v) is 17.5. The zero-order chi connectivity index (χ0) is 20.7. The van der Waals surface area contributed by atoms with Gasteiger partial charge in [0, 0.05) is 22.4 Å². The first-order chi connectivity index (χ1) is 14.0. The molecule has 1 aromatic heterocycles. The SMILES string of the molecule is O=C(N/N=C(/CNS(=O)(=O)c1ccc(Br)cc1)c1ccccc1)c1ccncc1. The fraction of sp³-hybridized carbons (Fsp3) is 0.0500. The van der Waals surface area contributed by atoms with Crippen LogP contribution in [-0.4, -0.2) is 31.6 Å². The van der Waals surface area contributed by atoms with E-state index >= 15 is 0 Å². The van der Waals surface area contributed by atoms with E-state index in [0.29, 0.717) is 16.8 Å². The smallest absolute Gasteiger partial charge is 0.267 e. The molecule has 1 heterocycles. The highest BCUT2D eigenvalue weighted by molar-refractivity contribution is 9.10. The van der Waals surface area contributed by atoms with Crippen molar-refractivity contribution in [3.63, 3.8) is 0 Å². The number of hydrogen-bond donors (Lipinski definition) is 2. The molecule has 9 heteroatoms. The van der Waals surface area contributed by atoms with Gasteiger partial charge in [-0.1, -0.05) is 46.3 Å². The van der Waals surface area contributed by atoms with Crippen LogP contribution in [0.4, 0.5) is 0 Å². The molecule has 0 saturated heterocycles. The van der Waals surface area contributed by atoms with Gasteiger partial charge in [-0.05, 0) is 42.0 Å². The highest BCUT2D eigenvalue weighted by atomic mass is 79.9. The van der Waals surface area contributed by atoms with Crippen LogP contribution in [0, 0.1) is 0 Å². The summed E-state index contributed by atoms with van der Waals surface area (Å²) in [5.41, 5.74) is 3.91. The Morgan fingerprint density at radius 2 is 1.59 bits per heavy atom. The Hall–Kier alpha value is -2.88. The van der Waals surface area contributed by atoms with Crippen LogP contribution >= 0.6 is 15.9 Å². The van der Waals surface area contributed by atoms with Crippen molar-refractivity contribution in [1.82, 2.24) is 15.1 Å². The summed E-state index contributed by atoms with van der Waals surface area (Å²) in [7, 11) is -3.74. The molecule has 1 amide bonds. The molecule has 7 nitrogen and oxygen atoms in total. The fourth-order valence-corrected chi connectivity index (χ4v) is 3.64. The average molecular weight is 473 g/mol. The van der Waals surface area contributed by atoms with Crippen LogP contribution in [0.3, 0.4) is 0 Å². The van der Waals surface area contributed by atoms with E-state index < -0.39 is 15.9 Å². The Labute approximate surface area is 177 Å². The second-order valence-electron chi connectivity index (χ2n) is 5.88. The molecule has 0 aliphatic carbocycles. The molecule has 0 radical (unpaired) electrons. The van der Waals surface area contributed by atoms with Gasteiger partial charge in [0.05, 0.1) is 17.2 Å². The molecule has 0 saturated carbocycles. The van der Waals surface area contributed by atoms with Crippen molar-refractivity contribution in [3.8, 4) is 0 Å². The van der Waals surface area contributed by atoms with Gasteiger partial charge in [0.2, 0.25) is 10.0 Å². The molecular formula is C20H17BrN4O3S. The van der Waals surface area contributed by atoms with Crippen LogP contribution in [0.25, 0.3) is 0 Å². The Kier molecular flexibility index (Phi) is 6.86. The summed E-state index contributed by atoms with van der Waals surface area (Å²) in [5.74, 6) is -0.420. The monoisotopic (exact) mass is 472 g/mol. The number of pyridine rings is 1. The number of halogens is 1. The first-order valence-electron chi connectivity index (χ1n) is 8.53. The van der Waals surface area contributed by atoms with E-state index in [1.165, 1.54) is 24.5 Å².